The van der Waals surface area contributed by atoms with Gasteiger partial charge in [-0.2, -0.15) is 5.26 Å². The van der Waals surface area contributed by atoms with Crippen LogP contribution in [-0.2, 0) is 10.2 Å². The van der Waals surface area contributed by atoms with E-state index >= 15 is 0 Å². The van der Waals surface area contributed by atoms with Crippen LogP contribution in [0.2, 0.25) is 5.02 Å². The van der Waals surface area contributed by atoms with Crippen molar-refractivity contribution < 1.29 is 18.4 Å². The van der Waals surface area contributed by atoms with Crippen LogP contribution in [0.15, 0.2) is 34.7 Å². The number of nitrogens with zero attached hydrogens (tertiary/aromatic N) is 3. The minimum absolute atomic E-state index is 0.0362. The van der Waals surface area contributed by atoms with Crippen molar-refractivity contribution in [2.45, 2.75) is 64.8 Å². The molecule has 4 rings (SSSR count). The molecule has 1 aromatic carbocycles. The Morgan fingerprint density at radius 2 is 2.03 bits per heavy atom. The molecule has 0 bridgehead atoms. The number of fused-ring (bicyclic) bond motifs is 1. The molecular weight excluding hydrogens is 495 g/mol. The number of rotatable bonds is 4. The SMILES string of the molecule is CC(C)(C)c1cc(-c2ccc(Cl)c(F)c2)nc2cc(C(=O)N3CCC(CC(=O)NC#N)CC3(C)C)oc12. The Bertz CT molecular complexity index is 1420. The highest BCUT2D eigenvalue weighted by Gasteiger charge is 2.39. The molecule has 1 N–H and O–H groups in total. The fourth-order valence-corrected chi connectivity index (χ4v) is 5.20. The van der Waals surface area contributed by atoms with Crippen LogP contribution in [0.1, 0.15) is 70.0 Å². The normalized spacial score (nSPS) is 17.5. The van der Waals surface area contributed by atoms with Gasteiger partial charge in [0.2, 0.25) is 5.91 Å². The number of furan rings is 1. The van der Waals surface area contributed by atoms with Gasteiger partial charge in [0.05, 0.1) is 10.7 Å². The number of benzene rings is 1. The van der Waals surface area contributed by atoms with Crippen molar-refractivity contribution in [3.8, 4) is 17.5 Å². The van der Waals surface area contributed by atoms with E-state index in [-0.39, 0.29) is 40.4 Å². The van der Waals surface area contributed by atoms with Gasteiger partial charge in [-0.3, -0.25) is 14.9 Å². The van der Waals surface area contributed by atoms with Crippen molar-refractivity contribution in [3.05, 3.63) is 52.5 Å². The number of amides is 2. The minimum Gasteiger partial charge on any atom is -0.449 e. The minimum atomic E-state index is -0.530. The van der Waals surface area contributed by atoms with Crippen molar-refractivity contribution in [1.29, 1.82) is 5.26 Å². The van der Waals surface area contributed by atoms with Crippen molar-refractivity contribution in [1.82, 2.24) is 15.2 Å². The van der Waals surface area contributed by atoms with Gasteiger partial charge in [0.25, 0.3) is 5.91 Å². The van der Waals surface area contributed by atoms with Gasteiger partial charge in [0.15, 0.2) is 17.5 Å². The number of nitriles is 1. The number of aromatic nitrogens is 1. The molecule has 3 heterocycles. The molecule has 0 aliphatic carbocycles. The topological polar surface area (TPSA) is 99.2 Å². The van der Waals surface area contributed by atoms with E-state index in [1.54, 1.807) is 23.2 Å². The van der Waals surface area contributed by atoms with Gasteiger partial charge in [-0.05, 0) is 56.2 Å². The highest BCUT2D eigenvalue weighted by Crippen LogP contribution is 2.38. The highest BCUT2D eigenvalue weighted by molar-refractivity contribution is 6.30. The predicted molar refractivity (Wildman–Crippen MR) is 139 cm³/mol. The summed E-state index contributed by atoms with van der Waals surface area (Å²) in [5, 5.41) is 10.9. The summed E-state index contributed by atoms with van der Waals surface area (Å²) in [5.41, 5.74) is 2.18. The smallest absolute Gasteiger partial charge is 0.290 e. The molecule has 2 aromatic heterocycles. The molecule has 1 aliphatic rings. The third kappa shape index (κ3) is 5.47. The largest absolute Gasteiger partial charge is 0.449 e. The summed E-state index contributed by atoms with van der Waals surface area (Å²) in [5.74, 6) is -0.836. The molecule has 1 atom stereocenters. The quantitative estimate of drug-likeness (QED) is 0.323. The maximum absolute atomic E-state index is 14.2. The average Bonchev–Trinajstić information content (AvgIpc) is 3.23. The van der Waals surface area contributed by atoms with Gasteiger partial charge in [-0.15, -0.1) is 0 Å². The Labute approximate surface area is 220 Å². The lowest BCUT2D eigenvalue weighted by molar-refractivity contribution is -0.121. The van der Waals surface area contributed by atoms with Crippen LogP contribution >= 0.6 is 11.6 Å². The molecule has 3 aromatic rings. The second kappa shape index (κ2) is 9.79. The fraction of sp³-hybridized carbons (Fsp3) is 0.429. The van der Waals surface area contributed by atoms with Crippen LogP contribution in [0.4, 0.5) is 4.39 Å². The zero-order valence-corrected chi connectivity index (χ0v) is 22.4. The second-order valence-corrected chi connectivity index (χ2v) is 11.7. The summed E-state index contributed by atoms with van der Waals surface area (Å²) in [6.45, 7) is 10.5. The van der Waals surface area contributed by atoms with E-state index in [0.717, 1.165) is 5.56 Å². The van der Waals surface area contributed by atoms with Gasteiger partial charge in [0.1, 0.15) is 11.3 Å². The van der Waals surface area contributed by atoms with E-state index < -0.39 is 11.4 Å². The van der Waals surface area contributed by atoms with Crippen LogP contribution in [0.3, 0.4) is 0 Å². The Morgan fingerprint density at radius 1 is 1.30 bits per heavy atom. The molecule has 194 valence electrons. The van der Waals surface area contributed by atoms with Gasteiger partial charge >= 0.3 is 0 Å². The first-order valence-corrected chi connectivity index (χ1v) is 12.6. The average molecular weight is 525 g/mol. The van der Waals surface area contributed by atoms with Crippen LogP contribution in [0.25, 0.3) is 22.4 Å². The zero-order valence-electron chi connectivity index (χ0n) is 21.6. The first kappa shape index (κ1) is 26.6. The number of hydrogen-bond donors (Lipinski definition) is 1. The van der Waals surface area contributed by atoms with Crippen molar-refractivity contribution >= 4 is 34.5 Å². The molecule has 1 fully saturated rings. The first-order chi connectivity index (χ1) is 17.3. The third-order valence-electron chi connectivity index (χ3n) is 6.91. The van der Waals surface area contributed by atoms with Crippen LogP contribution in [0.5, 0.6) is 0 Å². The van der Waals surface area contributed by atoms with Crippen molar-refractivity contribution in [2.75, 3.05) is 6.54 Å². The molecule has 1 unspecified atom stereocenters. The lowest BCUT2D eigenvalue weighted by Crippen LogP contribution is -2.53. The van der Waals surface area contributed by atoms with Gasteiger partial charge in [-0.1, -0.05) is 38.4 Å². The molecule has 1 aliphatic heterocycles. The Morgan fingerprint density at radius 3 is 2.65 bits per heavy atom. The monoisotopic (exact) mass is 524 g/mol. The summed E-state index contributed by atoms with van der Waals surface area (Å²) in [6, 6.07) is 8.06. The molecule has 0 saturated carbocycles. The Balaban J connectivity index is 1.68. The number of carbonyl (C=O) groups excluding carboxylic acids is 2. The van der Waals surface area contributed by atoms with E-state index in [0.29, 0.717) is 41.7 Å². The van der Waals surface area contributed by atoms with Gasteiger partial charge < -0.3 is 9.32 Å². The number of nitrogens with one attached hydrogen (secondary N) is 1. The summed E-state index contributed by atoms with van der Waals surface area (Å²) < 4.78 is 20.3. The van der Waals surface area contributed by atoms with Gasteiger partial charge in [-0.25, -0.2) is 9.37 Å². The van der Waals surface area contributed by atoms with Crippen LogP contribution in [-0.4, -0.2) is 33.8 Å². The Kier molecular flexibility index (Phi) is 7.04. The lowest BCUT2D eigenvalue weighted by atomic mass is 9.80. The second-order valence-electron chi connectivity index (χ2n) is 11.3. The van der Waals surface area contributed by atoms with Crippen molar-refractivity contribution in [3.63, 3.8) is 0 Å². The zero-order chi connectivity index (χ0) is 27.1. The van der Waals surface area contributed by atoms with E-state index in [9.17, 15) is 14.0 Å². The van der Waals surface area contributed by atoms with Crippen molar-refractivity contribution in [2.24, 2.45) is 5.92 Å². The number of halogens is 2. The number of carbonyl (C=O) groups is 2. The summed E-state index contributed by atoms with van der Waals surface area (Å²) in [4.78, 5) is 32.0. The summed E-state index contributed by atoms with van der Waals surface area (Å²) in [6.07, 6.45) is 3.18. The molecule has 0 radical (unpaired) electrons. The molecule has 9 heteroatoms. The lowest BCUT2D eigenvalue weighted by Gasteiger charge is -2.45. The first-order valence-electron chi connectivity index (χ1n) is 12.2. The molecule has 7 nitrogen and oxygen atoms in total. The molecule has 2 amide bonds. The fourth-order valence-electron chi connectivity index (χ4n) is 5.08. The summed E-state index contributed by atoms with van der Waals surface area (Å²) >= 11 is 5.86. The van der Waals surface area contributed by atoms with Crippen LogP contribution < -0.4 is 5.32 Å². The van der Waals surface area contributed by atoms with Gasteiger partial charge in [0, 0.05) is 35.7 Å². The number of hydrogen-bond acceptors (Lipinski definition) is 5. The molecular formula is C28H30ClFN4O3. The summed E-state index contributed by atoms with van der Waals surface area (Å²) in [7, 11) is 0. The maximum atomic E-state index is 14.2. The highest BCUT2D eigenvalue weighted by atomic mass is 35.5. The van der Waals surface area contributed by atoms with E-state index in [4.69, 9.17) is 26.3 Å². The Hall–Kier alpha value is -3.44. The molecule has 0 spiro atoms. The van der Waals surface area contributed by atoms with E-state index in [1.165, 1.54) is 12.1 Å². The third-order valence-corrected chi connectivity index (χ3v) is 7.21. The molecule has 1 saturated heterocycles. The number of pyridine rings is 1. The predicted octanol–water partition coefficient (Wildman–Crippen LogP) is 6.20. The van der Waals surface area contributed by atoms with E-state index in [1.807, 2.05) is 40.7 Å². The standard InChI is InChI=1S/C28H30ClFN4O3/c1-27(2,3)18-12-21(17-6-7-19(29)20(30)11-17)33-22-13-23(37-25(18)22)26(36)34-9-8-16(14-28(34,4)5)10-24(35)32-15-31/h6-7,11-13,16H,8-10,14H2,1-5H3,(H,32,35). The number of piperidine rings is 1. The maximum Gasteiger partial charge on any atom is 0.290 e. The molecule has 37 heavy (non-hydrogen) atoms. The van der Waals surface area contributed by atoms with E-state index in [2.05, 4.69) is 5.32 Å². The van der Waals surface area contributed by atoms with Crippen LogP contribution in [0, 0.1) is 23.2 Å². The number of likely N-dealkylation sites (tertiary alicyclic amines) is 1.